The maximum absolute atomic E-state index is 12.4. The molecular formula is C31H25Cl2NO7. The van der Waals surface area contributed by atoms with E-state index in [4.69, 9.17) is 32.4 Å². The van der Waals surface area contributed by atoms with Gasteiger partial charge in [0, 0.05) is 22.4 Å². The fourth-order valence-corrected chi connectivity index (χ4v) is 4.92. The van der Waals surface area contributed by atoms with E-state index >= 15 is 0 Å². The Bertz CT molecular complexity index is 1700. The summed E-state index contributed by atoms with van der Waals surface area (Å²) in [6, 6.07) is 20.4. The highest BCUT2D eigenvalue weighted by Gasteiger charge is 2.49. The number of ether oxygens (including phenoxy) is 1. The van der Waals surface area contributed by atoms with Gasteiger partial charge in [0.05, 0.1) is 16.6 Å². The third kappa shape index (κ3) is 6.19. The summed E-state index contributed by atoms with van der Waals surface area (Å²) in [5.41, 5.74) is -0.449. The van der Waals surface area contributed by atoms with Crippen LogP contribution in [0.5, 0.6) is 5.75 Å². The molecule has 1 aromatic heterocycles. The van der Waals surface area contributed by atoms with Gasteiger partial charge in [0.2, 0.25) is 5.60 Å². The summed E-state index contributed by atoms with van der Waals surface area (Å²) in [7, 11) is 0. The Morgan fingerprint density at radius 3 is 2.22 bits per heavy atom. The summed E-state index contributed by atoms with van der Waals surface area (Å²) in [6.07, 6.45) is 0.626. The van der Waals surface area contributed by atoms with Crippen LogP contribution >= 0.6 is 23.2 Å². The number of rotatable bonds is 6. The van der Waals surface area contributed by atoms with Crippen molar-refractivity contribution in [1.82, 2.24) is 0 Å². The normalized spacial score (nSPS) is 17.0. The lowest BCUT2D eigenvalue weighted by molar-refractivity contribution is -0.125. The first-order chi connectivity index (χ1) is 19.4. The van der Waals surface area contributed by atoms with Crippen LogP contribution in [0.15, 0.2) is 94.7 Å². The zero-order valence-electron chi connectivity index (χ0n) is 22.1. The standard InChI is InChI=1S/C19H16O4.C12H9Cl2NO3/c1-12(20)11-15(13-7-3-2-4-8-13)17-18(21)14-9-5-6-10-16(14)23-19(17)22;1-3-12(2)10(16)15(11(17)18-12)9-5-7(13)4-8(14)6-9/h2-10,15,21H,11H2,1H3;3-6H,1H2,2H3. The van der Waals surface area contributed by atoms with Gasteiger partial charge >= 0.3 is 11.7 Å². The highest BCUT2D eigenvalue weighted by molar-refractivity contribution is 6.35. The molecule has 0 aliphatic carbocycles. The third-order valence-electron chi connectivity index (χ3n) is 6.47. The maximum atomic E-state index is 12.4. The Kier molecular flexibility index (Phi) is 8.66. The van der Waals surface area contributed by atoms with Crippen LogP contribution < -0.4 is 10.5 Å². The molecule has 5 rings (SSSR count). The summed E-state index contributed by atoms with van der Waals surface area (Å²) in [5.74, 6) is -1.24. The molecule has 1 aliphatic heterocycles. The van der Waals surface area contributed by atoms with Gasteiger partial charge in [0.15, 0.2) is 0 Å². The number of anilines is 1. The lowest BCUT2D eigenvalue weighted by atomic mass is 9.87. The molecule has 0 saturated carbocycles. The molecule has 2 amide bonds. The molecular weight excluding hydrogens is 569 g/mol. The van der Waals surface area contributed by atoms with Crippen molar-refractivity contribution >= 4 is 57.6 Å². The fourth-order valence-electron chi connectivity index (χ4n) is 4.41. The van der Waals surface area contributed by atoms with E-state index in [2.05, 4.69) is 6.58 Å². The number of halogens is 2. The molecule has 210 valence electrons. The highest BCUT2D eigenvalue weighted by atomic mass is 35.5. The van der Waals surface area contributed by atoms with Crippen molar-refractivity contribution in [3.05, 3.63) is 117 Å². The van der Waals surface area contributed by atoms with E-state index in [1.54, 1.807) is 24.3 Å². The largest absolute Gasteiger partial charge is 0.507 e. The Labute approximate surface area is 245 Å². The molecule has 1 saturated heterocycles. The van der Waals surface area contributed by atoms with Crippen molar-refractivity contribution < 1.29 is 28.6 Å². The number of benzene rings is 3. The van der Waals surface area contributed by atoms with E-state index in [-0.39, 0.29) is 29.2 Å². The fraction of sp³-hybridized carbons (Fsp3) is 0.161. The molecule has 2 heterocycles. The minimum Gasteiger partial charge on any atom is -0.507 e. The van der Waals surface area contributed by atoms with Crippen LogP contribution in [0.2, 0.25) is 10.0 Å². The number of cyclic esters (lactones) is 1. The molecule has 4 aromatic rings. The molecule has 41 heavy (non-hydrogen) atoms. The Morgan fingerprint density at radius 2 is 1.63 bits per heavy atom. The molecule has 1 N–H and O–H groups in total. The summed E-state index contributed by atoms with van der Waals surface area (Å²) in [6.45, 7) is 6.42. The molecule has 0 bridgehead atoms. The van der Waals surface area contributed by atoms with E-state index in [0.29, 0.717) is 21.0 Å². The zero-order valence-corrected chi connectivity index (χ0v) is 23.6. The van der Waals surface area contributed by atoms with Crippen molar-refractivity contribution in [2.75, 3.05) is 4.90 Å². The number of aromatic hydroxyl groups is 1. The molecule has 3 aromatic carbocycles. The second-order valence-corrected chi connectivity index (χ2v) is 10.3. The molecule has 10 heteroatoms. The van der Waals surface area contributed by atoms with Crippen molar-refractivity contribution in [2.24, 2.45) is 0 Å². The highest BCUT2D eigenvalue weighted by Crippen LogP contribution is 2.36. The number of Topliss-reactive ketones (excluding diaryl/α,β-unsaturated/α-hetero) is 1. The second-order valence-electron chi connectivity index (χ2n) is 9.46. The van der Waals surface area contributed by atoms with Gasteiger partial charge in [0.25, 0.3) is 5.91 Å². The van der Waals surface area contributed by atoms with Gasteiger partial charge in [0.1, 0.15) is 17.1 Å². The first-order valence-corrected chi connectivity index (χ1v) is 13.2. The van der Waals surface area contributed by atoms with Crippen LogP contribution in [-0.2, 0) is 14.3 Å². The topological polar surface area (TPSA) is 114 Å². The predicted molar refractivity (Wildman–Crippen MR) is 157 cm³/mol. The molecule has 1 aliphatic rings. The average Bonchev–Trinajstić information content (AvgIpc) is 3.16. The first-order valence-electron chi connectivity index (χ1n) is 12.4. The molecule has 0 spiro atoms. The number of nitrogens with zero attached hydrogens (tertiary/aromatic N) is 1. The van der Waals surface area contributed by atoms with Gasteiger partial charge < -0.3 is 14.3 Å². The smallest absolute Gasteiger partial charge is 0.422 e. The SMILES string of the molecule is C=CC1(C)OC(=O)N(c2cc(Cl)cc(Cl)c2)C1=O.CC(=O)CC(c1ccccc1)c1c(O)c2ccccc2oc1=O. The van der Waals surface area contributed by atoms with E-state index in [0.717, 1.165) is 10.5 Å². The van der Waals surface area contributed by atoms with E-state index in [9.17, 15) is 24.3 Å². The van der Waals surface area contributed by atoms with Gasteiger partial charge in [-0.2, -0.15) is 0 Å². The number of carbonyl (C=O) groups is 3. The van der Waals surface area contributed by atoms with Crippen molar-refractivity contribution in [2.45, 2.75) is 31.8 Å². The summed E-state index contributed by atoms with van der Waals surface area (Å²) < 4.78 is 10.3. The quantitative estimate of drug-likeness (QED) is 0.188. The lowest BCUT2D eigenvalue weighted by Crippen LogP contribution is -2.37. The molecule has 0 radical (unpaired) electrons. The Balaban J connectivity index is 0.000000195. The van der Waals surface area contributed by atoms with E-state index in [1.807, 2.05) is 30.3 Å². The maximum Gasteiger partial charge on any atom is 0.422 e. The van der Waals surface area contributed by atoms with Crippen molar-refractivity contribution in [3.63, 3.8) is 0 Å². The van der Waals surface area contributed by atoms with Crippen LogP contribution in [0.4, 0.5) is 10.5 Å². The van der Waals surface area contributed by atoms with Crippen LogP contribution in [0.3, 0.4) is 0 Å². The van der Waals surface area contributed by atoms with Gasteiger partial charge in [-0.15, -0.1) is 0 Å². The van der Waals surface area contributed by atoms with Crippen LogP contribution in [0, 0.1) is 0 Å². The molecule has 2 unspecified atom stereocenters. The Hall–Kier alpha value is -4.40. The first kappa shape index (κ1) is 29.6. The van der Waals surface area contributed by atoms with E-state index < -0.39 is 29.1 Å². The van der Waals surface area contributed by atoms with Crippen LogP contribution in [-0.4, -0.2) is 28.5 Å². The minimum atomic E-state index is -1.36. The molecule has 2 atom stereocenters. The number of hydrogen-bond donors (Lipinski definition) is 1. The molecule has 8 nitrogen and oxygen atoms in total. The number of carbonyl (C=O) groups excluding carboxylic acids is 3. The van der Waals surface area contributed by atoms with Gasteiger partial charge in [-0.25, -0.2) is 14.5 Å². The van der Waals surface area contributed by atoms with Crippen molar-refractivity contribution in [3.8, 4) is 5.75 Å². The van der Waals surface area contributed by atoms with Gasteiger partial charge in [-0.3, -0.25) is 9.59 Å². The van der Waals surface area contributed by atoms with Gasteiger partial charge in [-0.1, -0.05) is 72.2 Å². The number of hydrogen-bond acceptors (Lipinski definition) is 7. The number of ketones is 1. The summed E-state index contributed by atoms with van der Waals surface area (Å²) in [4.78, 5) is 48.8. The number of fused-ring (bicyclic) bond motifs is 1. The van der Waals surface area contributed by atoms with Crippen molar-refractivity contribution in [1.29, 1.82) is 0 Å². The van der Waals surface area contributed by atoms with E-state index in [1.165, 1.54) is 38.1 Å². The zero-order chi connectivity index (χ0) is 29.9. The van der Waals surface area contributed by atoms with Gasteiger partial charge in [-0.05, 0) is 55.8 Å². The van der Waals surface area contributed by atoms with Crippen LogP contribution in [0.25, 0.3) is 11.0 Å². The third-order valence-corrected chi connectivity index (χ3v) is 6.90. The number of imide groups is 1. The monoisotopic (exact) mass is 593 g/mol. The molecule has 1 fully saturated rings. The Morgan fingerprint density at radius 1 is 1.02 bits per heavy atom. The summed E-state index contributed by atoms with van der Waals surface area (Å²) >= 11 is 11.7. The second kappa shape index (κ2) is 12.0. The summed E-state index contributed by atoms with van der Waals surface area (Å²) in [5, 5.41) is 11.7. The number of amides is 2. The average molecular weight is 594 g/mol. The predicted octanol–water partition coefficient (Wildman–Crippen LogP) is 7.03. The van der Waals surface area contributed by atoms with Crippen LogP contribution in [0.1, 0.15) is 37.3 Å². The number of para-hydroxylation sites is 1. The minimum absolute atomic E-state index is 0.0641. The lowest BCUT2D eigenvalue weighted by Gasteiger charge is -2.17.